The lowest BCUT2D eigenvalue weighted by molar-refractivity contribution is -0.262. The monoisotopic (exact) mass is 432 g/mol. The first kappa shape index (κ1) is 21.7. The summed E-state index contributed by atoms with van der Waals surface area (Å²) in [6.45, 7) is 9.77. The summed E-state index contributed by atoms with van der Waals surface area (Å²) in [4.78, 5) is 26.1. The van der Waals surface area contributed by atoms with Crippen molar-refractivity contribution in [1.82, 2.24) is 0 Å². The van der Waals surface area contributed by atoms with Gasteiger partial charge in [0, 0.05) is 17.3 Å². The molecule has 5 fully saturated rings. The second-order valence-electron chi connectivity index (χ2n) is 12.7. The molecule has 1 aliphatic heterocycles. The Morgan fingerprint density at radius 1 is 1.10 bits per heavy atom. The highest BCUT2D eigenvalue weighted by Gasteiger charge is 2.81. The molecule has 4 saturated carbocycles. The molecule has 0 aromatic heterocycles. The van der Waals surface area contributed by atoms with Gasteiger partial charge in [-0.05, 0) is 85.0 Å². The van der Waals surface area contributed by atoms with Crippen molar-refractivity contribution in [3.8, 4) is 0 Å². The van der Waals surface area contributed by atoms with Crippen molar-refractivity contribution >= 4 is 11.9 Å². The minimum absolute atomic E-state index is 0.0203. The van der Waals surface area contributed by atoms with Gasteiger partial charge in [0.2, 0.25) is 0 Å². The van der Waals surface area contributed by atoms with Crippen molar-refractivity contribution in [2.75, 3.05) is 0 Å². The highest BCUT2D eigenvalue weighted by Crippen LogP contribution is 2.75. The fourth-order valence-corrected chi connectivity index (χ4v) is 8.96. The lowest BCUT2D eigenvalue weighted by atomic mass is 9.42. The van der Waals surface area contributed by atoms with Gasteiger partial charge >= 0.3 is 11.9 Å². The standard InChI is InChI=1S/C26H40O5/c1-16(30-20(27)22(2,3)4)18-10-15-26(29)23(18,5)13-11-19-24-12-7-6-8-17(24)9-14-25(19,26)31-21(24)28/h16-19,29H,6-15H2,1-5H3/t16-,17-,18+,19?,23+,24+,25-,26+/m0/s1. The molecular weight excluding hydrogens is 392 g/mol. The van der Waals surface area contributed by atoms with Crippen LogP contribution in [-0.4, -0.2) is 34.4 Å². The third-order valence-corrected chi connectivity index (χ3v) is 10.5. The molecule has 5 aliphatic rings. The summed E-state index contributed by atoms with van der Waals surface area (Å²) in [6.07, 6.45) is 9.07. The van der Waals surface area contributed by atoms with E-state index in [0.29, 0.717) is 12.3 Å². The summed E-state index contributed by atoms with van der Waals surface area (Å²) in [5, 5.41) is 12.4. The fourth-order valence-electron chi connectivity index (χ4n) is 8.96. The number of esters is 2. The molecule has 4 aliphatic carbocycles. The Balaban J connectivity index is 1.49. The predicted molar refractivity (Wildman–Crippen MR) is 116 cm³/mol. The molecule has 0 aromatic rings. The van der Waals surface area contributed by atoms with Crippen LogP contribution in [0.3, 0.4) is 0 Å². The molecular formula is C26H40O5. The van der Waals surface area contributed by atoms with Gasteiger partial charge in [-0.1, -0.05) is 19.8 Å². The van der Waals surface area contributed by atoms with E-state index < -0.39 is 22.0 Å². The average molecular weight is 433 g/mol. The van der Waals surface area contributed by atoms with E-state index in [1.165, 1.54) is 6.42 Å². The summed E-state index contributed by atoms with van der Waals surface area (Å²) in [5.74, 6) is 0.411. The van der Waals surface area contributed by atoms with E-state index in [1.54, 1.807) is 0 Å². The first-order valence-electron chi connectivity index (χ1n) is 12.6. The number of rotatable bonds is 2. The van der Waals surface area contributed by atoms with E-state index in [1.807, 2.05) is 27.7 Å². The van der Waals surface area contributed by atoms with Gasteiger partial charge in [-0.15, -0.1) is 0 Å². The van der Waals surface area contributed by atoms with Crippen LogP contribution in [0.5, 0.6) is 0 Å². The number of fused-ring (bicyclic) bond motifs is 1. The van der Waals surface area contributed by atoms with Crippen molar-refractivity contribution < 1.29 is 24.2 Å². The molecule has 1 spiro atoms. The molecule has 174 valence electrons. The molecule has 1 heterocycles. The normalized spacial score (nSPS) is 49.5. The van der Waals surface area contributed by atoms with Gasteiger partial charge in [-0.3, -0.25) is 9.59 Å². The second-order valence-corrected chi connectivity index (χ2v) is 12.7. The number of aliphatic hydroxyl groups is 1. The number of hydrogen-bond acceptors (Lipinski definition) is 5. The Bertz CT molecular complexity index is 800. The smallest absolute Gasteiger partial charge is 0.313 e. The van der Waals surface area contributed by atoms with Crippen molar-refractivity contribution in [2.45, 2.75) is 116 Å². The molecule has 1 unspecified atom stereocenters. The first-order valence-corrected chi connectivity index (χ1v) is 12.6. The van der Waals surface area contributed by atoms with Gasteiger partial charge in [-0.2, -0.15) is 0 Å². The summed E-state index contributed by atoms with van der Waals surface area (Å²) in [7, 11) is 0. The van der Waals surface area contributed by atoms with E-state index >= 15 is 0 Å². The minimum atomic E-state index is -1.04. The van der Waals surface area contributed by atoms with Gasteiger partial charge < -0.3 is 14.6 Å². The maximum Gasteiger partial charge on any atom is 0.313 e. The molecule has 5 nitrogen and oxygen atoms in total. The average Bonchev–Trinajstić information content (AvgIpc) is 3.06. The topological polar surface area (TPSA) is 72.8 Å². The number of hydrogen-bond donors (Lipinski definition) is 1. The van der Waals surface area contributed by atoms with Crippen LogP contribution in [0, 0.1) is 34.0 Å². The molecule has 5 rings (SSSR count). The van der Waals surface area contributed by atoms with E-state index in [4.69, 9.17) is 9.47 Å². The van der Waals surface area contributed by atoms with Gasteiger partial charge in [0.15, 0.2) is 0 Å². The zero-order valence-electron chi connectivity index (χ0n) is 20.0. The van der Waals surface area contributed by atoms with Crippen molar-refractivity contribution in [2.24, 2.45) is 34.0 Å². The van der Waals surface area contributed by atoms with Gasteiger partial charge in [0.05, 0.1) is 10.8 Å². The van der Waals surface area contributed by atoms with Crippen molar-refractivity contribution in [3.05, 3.63) is 0 Å². The van der Waals surface area contributed by atoms with Crippen molar-refractivity contribution in [3.63, 3.8) is 0 Å². The first-order chi connectivity index (χ1) is 14.4. The Hall–Kier alpha value is -1.10. The summed E-state index contributed by atoms with van der Waals surface area (Å²) < 4.78 is 12.3. The lowest BCUT2D eigenvalue weighted by Crippen LogP contribution is -2.70. The van der Waals surface area contributed by atoms with Crippen LogP contribution >= 0.6 is 0 Å². The van der Waals surface area contributed by atoms with Crippen LogP contribution in [0.4, 0.5) is 0 Å². The summed E-state index contributed by atoms with van der Waals surface area (Å²) in [6, 6.07) is 0. The van der Waals surface area contributed by atoms with Crippen LogP contribution < -0.4 is 0 Å². The molecule has 2 bridgehead atoms. The van der Waals surface area contributed by atoms with E-state index in [-0.39, 0.29) is 35.3 Å². The summed E-state index contributed by atoms with van der Waals surface area (Å²) in [5.41, 5.74) is -3.14. The largest absolute Gasteiger partial charge is 0.462 e. The number of carbonyl (C=O) groups excluding carboxylic acids is 2. The Morgan fingerprint density at radius 2 is 1.84 bits per heavy atom. The van der Waals surface area contributed by atoms with Crippen LogP contribution in [0.1, 0.15) is 98.8 Å². The van der Waals surface area contributed by atoms with Crippen LogP contribution in [0.2, 0.25) is 0 Å². The predicted octanol–water partition coefficient (Wildman–Crippen LogP) is 4.79. The number of ether oxygens (including phenoxy) is 2. The third kappa shape index (κ3) is 2.48. The second kappa shape index (κ2) is 6.48. The molecule has 8 atom stereocenters. The Morgan fingerprint density at radius 3 is 2.55 bits per heavy atom. The Kier molecular flexibility index (Phi) is 4.55. The fraction of sp³-hybridized carbons (Fsp3) is 0.923. The minimum Gasteiger partial charge on any atom is -0.462 e. The molecule has 5 heteroatoms. The molecule has 0 aromatic carbocycles. The number of carbonyl (C=O) groups is 2. The van der Waals surface area contributed by atoms with E-state index in [9.17, 15) is 14.7 Å². The molecule has 1 N–H and O–H groups in total. The summed E-state index contributed by atoms with van der Waals surface area (Å²) >= 11 is 0. The molecule has 0 amide bonds. The zero-order valence-corrected chi connectivity index (χ0v) is 20.0. The third-order valence-electron chi connectivity index (χ3n) is 10.5. The van der Waals surface area contributed by atoms with E-state index in [2.05, 4.69) is 6.92 Å². The highest BCUT2D eigenvalue weighted by molar-refractivity contribution is 5.82. The van der Waals surface area contributed by atoms with Crippen LogP contribution in [0.25, 0.3) is 0 Å². The Labute approximate surface area is 186 Å². The maximum absolute atomic E-state index is 13.5. The SMILES string of the molecule is C[C@H](OC(=O)C(C)(C)C)[C@H]1CC[C@]2(O)[C@@]34CC[C@@H]5CCCC[C@]5(C(=O)O3)C4CC[C@]12C. The molecule has 0 radical (unpaired) electrons. The van der Waals surface area contributed by atoms with E-state index in [0.717, 1.165) is 51.4 Å². The maximum atomic E-state index is 13.5. The van der Waals surface area contributed by atoms with Crippen LogP contribution in [-0.2, 0) is 19.1 Å². The zero-order chi connectivity index (χ0) is 22.4. The lowest BCUT2D eigenvalue weighted by Gasteiger charge is -2.62. The van der Waals surface area contributed by atoms with Gasteiger partial charge in [-0.25, -0.2) is 0 Å². The molecule has 1 saturated heterocycles. The van der Waals surface area contributed by atoms with Crippen molar-refractivity contribution in [1.29, 1.82) is 0 Å². The van der Waals surface area contributed by atoms with Gasteiger partial charge in [0.25, 0.3) is 0 Å². The highest BCUT2D eigenvalue weighted by atomic mass is 16.6. The molecule has 31 heavy (non-hydrogen) atoms. The quantitative estimate of drug-likeness (QED) is 0.635. The van der Waals surface area contributed by atoms with Crippen LogP contribution in [0.15, 0.2) is 0 Å². The van der Waals surface area contributed by atoms with Gasteiger partial charge in [0.1, 0.15) is 17.3 Å².